The summed E-state index contributed by atoms with van der Waals surface area (Å²) in [4.78, 5) is 21.9. The molecule has 1 unspecified atom stereocenters. The Bertz CT molecular complexity index is 387. The number of rotatable bonds is 6. The zero-order chi connectivity index (χ0) is 14.5. The van der Waals surface area contributed by atoms with Crippen molar-refractivity contribution in [3.8, 4) is 0 Å². The lowest BCUT2D eigenvalue weighted by Crippen LogP contribution is -2.42. The van der Waals surface area contributed by atoms with E-state index >= 15 is 0 Å². The molecule has 2 aliphatic rings. The molecule has 6 heteroatoms. The van der Waals surface area contributed by atoms with Crippen molar-refractivity contribution in [2.45, 2.75) is 45.2 Å². The number of hydrogen-bond acceptors (Lipinski definition) is 6. The molecular weight excluding hydrogens is 264 g/mol. The van der Waals surface area contributed by atoms with Crippen LogP contribution in [0.3, 0.4) is 0 Å². The van der Waals surface area contributed by atoms with Crippen LogP contribution in [0.5, 0.6) is 0 Å². The van der Waals surface area contributed by atoms with Crippen molar-refractivity contribution in [2.75, 3.05) is 13.2 Å². The summed E-state index contributed by atoms with van der Waals surface area (Å²) in [7, 11) is 0. The average molecular weight is 284 g/mol. The monoisotopic (exact) mass is 284 g/mol. The second-order valence-corrected chi connectivity index (χ2v) is 5.08. The van der Waals surface area contributed by atoms with E-state index in [9.17, 15) is 9.59 Å². The summed E-state index contributed by atoms with van der Waals surface area (Å²) in [6, 6.07) is 0. The van der Waals surface area contributed by atoms with Crippen molar-refractivity contribution in [3.63, 3.8) is 0 Å². The Labute approximate surface area is 118 Å². The van der Waals surface area contributed by atoms with E-state index in [1.807, 2.05) is 0 Å². The number of carbonyl (C=O) groups excluding carboxylic acids is 2. The highest BCUT2D eigenvalue weighted by molar-refractivity contribution is 5.66. The molecule has 6 nitrogen and oxygen atoms in total. The van der Waals surface area contributed by atoms with Crippen LogP contribution in [0.2, 0.25) is 0 Å². The fraction of sp³-hybridized carbons (Fsp3) is 0.714. The predicted molar refractivity (Wildman–Crippen MR) is 68.7 cm³/mol. The van der Waals surface area contributed by atoms with Gasteiger partial charge in [-0.25, -0.2) is 0 Å². The molecule has 112 valence electrons. The van der Waals surface area contributed by atoms with Crippen LogP contribution < -0.4 is 0 Å². The van der Waals surface area contributed by atoms with E-state index in [1.54, 1.807) is 12.2 Å². The second kappa shape index (κ2) is 6.85. The van der Waals surface area contributed by atoms with Gasteiger partial charge in [-0.2, -0.15) is 0 Å². The van der Waals surface area contributed by atoms with Gasteiger partial charge in [0.05, 0.1) is 6.61 Å². The molecule has 0 N–H and O–H groups in total. The topological polar surface area (TPSA) is 71.1 Å². The van der Waals surface area contributed by atoms with Crippen LogP contribution in [0, 0.1) is 5.92 Å². The van der Waals surface area contributed by atoms with Crippen LogP contribution in [-0.4, -0.2) is 43.7 Å². The van der Waals surface area contributed by atoms with Crippen LogP contribution >= 0.6 is 0 Å². The van der Waals surface area contributed by atoms with Crippen LogP contribution in [-0.2, 0) is 28.5 Å². The van der Waals surface area contributed by atoms with Gasteiger partial charge in [0.25, 0.3) is 0 Å². The maximum absolute atomic E-state index is 11.0. The molecule has 0 amide bonds. The molecule has 0 bridgehead atoms. The smallest absolute Gasteiger partial charge is 0.303 e. The number of hydrogen-bond donors (Lipinski definition) is 0. The summed E-state index contributed by atoms with van der Waals surface area (Å²) in [5.41, 5.74) is 0. The summed E-state index contributed by atoms with van der Waals surface area (Å²) in [6.07, 6.45) is 4.25. The minimum Gasteiger partial charge on any atom is -0.463 e. The van der Waals surface area contributed by atoms with Gasteiger partial charge >= 0.3 is 11.9 Å². The molecule has 0 aromatic carbocycles. The van der Waals surface area contributed by atoms with Gasteiger partial charge in [0.15, 0.2) is 6.29 Å². The summed E-state index contributed by atoms with van der Waals surface area (Å²) < 4.78 is 21.3. The highest BCUT2D eigenvalue weighted by Gasteiger charge is 2.32. The molecule has 0 spiro atoms. The van der Waals surface area contributed by atoms with Crippen molar-refractivity contribution in [1.29, 1.82) is 0 Å². The molecule has 1 fully saturated rings. The van der Waals surface area contributed by atoms with Crippen LogP contribution in [0.1, 0.15) is 26.7 Å². The minimum absolute atomic E-state index is 0.0287. The van der Waals surface area contributed by atoms with Crippen LogP contribution in [0.15, 0.2) is 12.2 Å². The van der Waals surface area contributed by atoms with E-state index in [4.69, 9.17) is 18.9 Å². The minimum atomic E-state index is -0.562. The maximum Gasteiger partial charge on any atom is 0.303 e. The molecule has 1 aliphatic heterocycles. The van der Waals surface area contributed by atoms with Gasteiger partial charge in [0.2, 0.25) is 0 Å². The molecule has 20 heavy (non-hydrogen) atoms. The summed E-state index contributed by atoms with van der Waals surface area (Å²) in [5.74, 6) is -0.182. The first-order chi connectivity index (χ1) is 9.54. The molecule has 0 aromatic heterocycles. The quantitative estimate of drug-likeness (QED) is 0.539. The molecule has 1 aliphatic carbocycles. The Balaban J connectivity index is 1.89. The van der Waals surface area contributed by atoms with Crippen molar-refractivity contribution in [1.82, 2.24) is 0 Å². The Morgan fingerprint density at radius 1 is 1.15 bits per heavy atom. The highest BCUT2D eigenvalue weighted by atomic mass is 16.7. The van der Waals surface area contributed by atoms with Crippen molar-refractivity contribution in [2.24, 2.45) is 5.92 Å². The Kier molecular flexibility index (Phi) is 5.14. The molecule has 1 heterocycles. The molecule has 2 rings (SSSR count). The molecule has 0 radical (unpaired) electrons. The summed E-state index contributed by atoms with van der Waals surface area (Å²) in [5, 5.41) is 0. The molecular formula is C14H20O6. The first kappa shape index (κ1) is 15.0. The second-order valence-electron chi connectivity index (χ2n) is 5.08. The first-order valence-electron chi connectivity index (χ1n) is 6.80. The third kappa shape index (κ3) is 4.94. The van der Waals surface area contributed by atoms with Gasteiger partial charge < -0.3 is 18.9 Å². The zero-order valence-corrected chi connectivity index (χ0v) is 11.7. The molecule has 0 aromatic rings. The molecule has 0 saturated heterocycles. The maximum atomic E-state index is 11.0. The third-order valence-electron chi connectivity index (χ3n) is 3.08. The largest absolute Gasteiger partial charge is 0.463 e. The number of carbonyl (C=O) groups is 2. The lowest BCUT2D eigenvalue weighted by atomic mass is 10.1. The summed E-state index contributed by atoms with van der Waals surface area (Å²) in [6.45, 7) is 3.33. The fourth-order valence-corrected chi connectivity index (χ4v) is 1.87. The highest BCUT2D eigenvalue weighted by Crippen LogP contribution is 2.30. The SMILES string of the molecule is CC(=O)OCC1O[C@H](OCC2CC2)C=C[C@@H]1OC(C)=O. The van der Waals surface area contributed by atoms with Gasteiger partial charge in [0.1, 0.15) is 18.8 Å². The average Bonchev–Trinajstić information content (AvgIpc) is 3.19. The Hall–Kier alpha value is -1.40. The Morgan fingerprint density at radius 3 is 2.50 bits per heavy atom. The van der Waals surface area contributed by atoms with Gasteiger partial charge in [-0.15, -0.1) is 0 Å². The van der Waals surface area contributed by atoms with Crippen molar-refractivity contribution in [3.05, 3.63) is 12.2 Å². The van der Waals surface area contributed by atoms with Gasteiger partial charge in [-0.05, 0) is 30.9 Å². The van der Waals surface area contributed by atoms with E-state index in [0.29, 0.717) is 12.5 Å². The van der Waals surface area contributed by atoms with Crippen LogP contribution in [0.25, 0.3) is 0 Å². The van der Waals surface area contributed by atoms with E-state index < -0.39 is 30.4 Å². The number of ether oxygens (including phenoxy) is 4. The fourth-order valence-electron chi connectivity index (χ4n) is 1.87. The molecule has 3 atom stereocenters. The van der Waals surface area contributed by atoms with Gasteiger partial charge in [0, 0.05) is 13.8 Å². The van der Waals surface area contributed by atoms with E-state index in [0.717, 1.165) is 0 Å². The van der Waals surface area contributed by atoms with E-state index in [2.05, 4.69) is 0 Å². The summed E-state index contributed by atoms with van der Waals surface area (Å²) >= 11 is 0. The van der Waals surface area contributed by atoms with Gasteiger partial charge in [-0.1, -0.05) is 0 Å². The van der Waals surface area contributed by atoms with E-state index in [-0.39, 0.29) is 6.61 Å². The normalized spacial score (nSPS) is 29.0. The predicted octanol–water partition coefficient (Wildman–Crippen LogP) is 1.19. The number of esters is 2. The van der Waals surface area contributed by atoms with Crippen molar-refractivity contribution < 1.29 is 28.5 Å². The lowest BCUT2D eigenvalue weighted by Gasteiger charge is -2.31. The lowest BCUT2D eigenvalue weighted by molar-refractivity contribution is -0.197. The molecule has 1 saturated carbocycles. The van der Waals surface area contributed by atoms with Crippen LogP contribution in [0.4, 0.5) is 0 Å². The van der Waals surface area contributed by atoms with E-state index in [1.165, 1.54) is 26.7 Å². The zero-order valence-electron chi connectivity index (χ0n) is 11.7. The van der Waals surface area contributed by atoms with Gasteiger partial charge in [-0.3, -0.25) is 9.59 Å². The standard InChI is InChI=1S/C14H20O6/c1-9(15)17-8-13-12(19-10(2)16)5-6-14(20-13)18-7-11-3-4-11/h5-6,11-14H,3-4,7-8H2,1-2H3/t12-,13?,14-/m0/s1. The first-order valence-corrected chi connectivity index (χ1v) is 6.80. The Morgan fingerprint density at radius 2 is 1.90 bits per heavy atom. The third-order valence-corrected chi connectivity index (χ3v) is 3.08. The van der Waals surface area contributed by atoms with Crippen molar-refractivity contribution >= 4 is 11.9 Å².